The second-order valence-electron chi connectivity index (χ2n) is 10.2. The fourth-order valence-corrected chi connectivity index (χ4v) is 5.53. The van der Waals surface area contributed by atoms with Crippen LogP contribution >= 0.6 is 11.6 Å². The van der Waals surface area contributed by atoms with E-state index in [9.17, 15) is 9.59 Å². The van der Waals surface area contributed by atoms with Crippen LogP contribution in [0.4, 0.5) is 0 Å². The van der Waals surface area contributed by atoms with E-state index in [0.29, 0.717) is 58.7 Å². The minimum Gasteiger partial charge on any atom is -0.332 e. The van der Waals surface area contributed by atoms with E-state index in [-0.39, 0.29) is 17.5 Å². The van der Waals surface area contributed by atoms with Gasteiger partial charge in [-0.3, -0.25) is 14.2 Å². The van der Waals surface area contributed by atoms with Crippen LogP contribution in [0.1, 0.15) is 77.6 Å². The third kappa shape index (κ3) is 5.78. The van der Waals surface area contributed by atoms with Crippen molar-refractivity contribution in [3.8, 4) is 5.69 Å². The average molecular weight is 494 g/mol. The number of hydrogen-bond donors (Lipinski definition) is 0. The molecule has 1 aliphatic rings. The Balaban J connectivity index is 1.81. The smallest absolute Gasteiger partial charge is 0.266 e. The number of hydrogen-bond acceptors (Lipinski definition) is 3. The molecule has 4 rings (SSSR count). The van der Waals surface area contributed by atoms with E-state index in [0.717, 1.165) is 6.42 Å². The van der Waals surface area contributed by atoms with Gasteiger partial charge in [0.1, 0.15) is 5.82 Å². The number of benzene rings is 2. The maximum absolute atomic E-state index is 13.8. The van der Waals surface area contributed by atoms with Crippen LogP contribution in [0.5, 0.6) is 0 Å². The Labute approximate surface area is 213 Å². The Morgan fingerprint density at radius 2 is 1.89 bits per heavy atom. The molecular weight excluding hydrogens is 458 g/mol. The molecule has 1 unspecified atom stereocenters. The van der Waals surface area contributed by atoms with Crippen molar-refractivity contribution in [1.29, 1.82) is 0 Å². The minimum absolute atomic E-state index is 0.144. The van der Waals surface area contributed by atoms with Crippen molar-refractivity contribution in [1.82, 2.24) is 14.5 Å². The molecule has 3 aromatic rings. The van der Waals surface area contributed by atoms with E-state index < -0.39 is 0 Å². The van der Waals surface area contributed by atoms with Crippen LogP contribution in [0.15, 0.2) is 53.3 Å². The van der Waals surface area contributed by atoms with E-state index >= 15 is 0 Å². The fraction of sp³-hybridized carbons (Fsp3) is 0.483. The van der Waals surface area contributed by atoms with E-state index in [4.69, 9.17) is 16.6 Å². The zero-order valence-electron chi connectivity index (χ0n) is 21.0. The fourth-order valence-electron chi connectivity index (χ4n) is 5.35. The van der Waals surface area contributed by atoms with Crippen molar-refractivity contribution in [2.75, 3.05) is 6.54 Å². The van der Waals surface area contributed by atoms with Gasteiger partial charge in [0.15, 0.2) is 0 Å². The zero-order valence-corrected chi connectivity index (χ0v) is 21.8. The number of fused-ring (bicyclic) bond motifs is 1. The van der Waals surface area contributed by atoms with Gasteiger partial charge in [0.05, 0.1) is 22.6 Å². The maximum atomic E-state index is 13.8. The van der Waals surface area contributed by atoms with Crippen LogP contribution in [0.3, 0.4) is 0 Å². The Bertz CT molecular complexity index is 1230. The number of amides is 1. The molecule has 0 N–H and O–H groups in total. The summed E-state index contributed by atoms with van der Waals surface area (Å²) in [6, 6.07) is 14.4. The molecule has 0 aliphatic heterocycles. The number of nitrogens with zero attached hydrogens (tertiary/aromatic N) is 3. The summed E-state index contributed by atoms with van der Waals surface area (Å²) in [4.78, 5) is 34.4. The lowest BCUT2D eigenvalue weighted by molar-refractivity contribution is -0.135. The van der Waals surface area contributed by atoms with Gasteiger partial charge < -0.3 is 4.90 Å². The van der Waals surface area contributed by atoms with E-state index in [2.05, 4.69) is 20.8 Å². The molecular formula is C29H36ClN3O2. The lowest BCUT2D eigenvalue weighted by Crippen LogP contribution is -2.40. The van der Waals surface area contributed by atoms with Crippen molar-refractivity contribution in [3.05, 3.63) is 69.7 Å². The molecule has 1 fully saturated rings. The summed E-state index contributed by atoms with van der Waals surface area (Å²) in [6.07, 6.45) is 7.16. The predicted molar refractivity (Wildman–Crippen MR) is 143 cm³/mol. The first-order chi connectivity index (χ1) is 16.9. The van der Waals surface area contributed by atoms with E-state index in [1.165, 1.54) is 25.7 Å². The van der Waals surface area contributed by atoms with Crippen LogP contribution in [-0.4, -0.2) is 26.9 Å². The molecule has 186 valence electrons. The molecule has 0 radical (unpaired) electrons. The highest BCUT2D eigenvalue weighted by molar-refractivity contribution is 6.30. The Hall–Kier alpha value is -2.66. The molecule has 35 heavy (non-hydrogen) atoms. The SMILES string of the molecule is CCC(c1nc2ccccc2c(=O)n1-c1cccc(Cl)c1)N(CC(C)C)C(=O)CCC1CCCC1. The van der Waals surface area contributed by atoms with Crippen molar-refractivity contribution in [2.45, 2.75) is 71.8 Å². The topological polar surface area (TPSA) is 55.2 Å². The lowest BCUT2D eigenvalue weighted by Gasteiger charge is -2.34. The number of carbonyl (C=O) groups is 1. The summed E-state index contributed by atoms with van der Waals surface area (Å²) in [5.41, 5.74) is 1.17. The average Bonchev–Trinajstić information content (AvgIpc) is 3.36. The highest BCUT2D eigenvalue weighted by Gasteiger charge is 2.30. The molecule has 0 saturated heterocycles. The van der Waals surface area contributed by atoms with Gasteiger partial charge in [-0.15, -0.1) is 0 Å². The Morgan fingerprint density at radius 1 is 1.14 bits per heavy atom. The molecule has 6 heteroatoms. The summed E-state index contributed by atoms with van der Waals surface area (Å²) in [5, 5.41) is 1.10. The molecule has 1 saturated carbocycles. The van der Waals surface area contributed by atoms with Gasteiger partial charge in [-0.05, 0) is 55.0 Å². The summed E-state index contributed by atoms with van der Waals surface area (Å²) in [6.45, 7) is 6.94. The highest BCUT2D eigenvalue weighted by atomic mass is 35.5. The Kier molecular flexibility index (Phi) is 8.27. The van der Waals surface area contributed by atoms with Crippen LogP contribution in [0.2, 0.25) is 5.02 Å². The quantitative estimate of drug-likeness (QED) is 0.324. The van der Waals surface area contributed by atoms with Gasteiger partial charge in [-0.2, -0.15) is 0 Å². The molecule has 0 bridgehead atoms. The maximum Gasteiger partial charge on any atom is 0.266 e. The standard InChI is InChI=1S/C29H36ClN3O2/c1-4-26(32(19-20(2)3)27(34)17-16-21-10-5-6-11-21)28-31-25-15-8-7-14-24(25)29(35)33(28)23-13-9-12-22(30)18-23/h7-9,12-15,18,20-21,26H,4-6,10-11,16-17,19H2,1-3H3. The third-order valence-electron chi connectivity index (χ3n) is 7.05. The first-order valence-electron chi connectivity index (χ1n) is 13.0. The molecule has 0 spiro atoms. The lowest BCUT2D eigenvalue weighted by atomic mass is 10.00. The van der Waals surface area contributed by atoms with Crippen LogP contribution in [0.25, 0.3) is 16.6 Å². The number of aromatic nitrogens is 2. The first-order valence-corrected chi connectivity index (χ1v) is 13.3. The van der Waals surface area contributed by atoms with Gasteiger partial charge in [0.2, 0.25) is 5.91 Å². The summed E-state index contributed by atoms with van der Waals surface area (Å²) >= 11 is 6.32. The largest absolute Gasteiger partial charge is 0.332 e. The highest BCUT2D eigenvalue weighted by Crippen LogP contribution is 2.31. The van der Waals surface area contributed by atoms with Crippen LogP contribution < -0.4 is 5.56 Å². The minimum atomic E-state index is -0.315. The molecule has 1 heterocycles. The molecule has 5 nitrogen and oxygen atoms in total. The second-order valence-corrected chi connectivity index (χ2v) is 10.6. The zero-order chi connectivity index (χ0) is 24.9. The third-order valence-corrected chi connectivity index (χ3v) is 7.29. The summed E-state index contributed by atoms with van der Waals surface area (Å²) in [5.74, 6) is 1.69. The summed E-state index contributed by atoms with van der Waals surface area (Å²) in [7, 11) is 0. The van der Waals surface area contributed by atoms with Crippen molar-refractivity contribution < 1.29 is 4.79 Å². The van der Waals surface area contributed by atoms with Crippen molar-refractivity contribution >= 4 is 28.4 Å². The summed E-state index contributed by atoms with van der Waals surface area (Å²) < 4.78 is 1.65. The molecule has 1 atom stereocenters. The molecule has 1 amide bonds. The van der Waals surface area contributed by atoms with Gasteiger partial charge in [0.25, 0.3) is 5.56 Å². The van der Waals surface area contributed by atoms with E-state index in [1.54, 1.807) is 22.8 Å². The Morgan fingerprint density at radius 3 is 2.57 bits per heavy atom. The number of halogens is 1. The molecule has 1 aliphatic carbocycles. The monoisotopic (exact) mass is 493 g/mol. The predicted octanol–water partition coefficient (Wildman–Crippen LogP) is 6.95. The normalized spacial score (nSPS) is 15.1. The number of carbonyl (C=O) groups excluding carboxylic acids is 1. The van der Waals surface area contributed by atoms with Gasteiger partial charge in [-0.25, -0.2) is 4.98 Å². The van der Waals surface area contributed by atoms with E-state index in [1.807, 2.05) is 35.2 Å². The van der Waals surface area contributed by atoms with Gasteiger partial charge in [-0.1, -0.05) is 76.3 Å². The second kappa shape index (κ2) is 11.4. The molecule has 2 aromatic carbocycles. The first kappa shape index (κ1) is 25.4. The van der Waals surface area contributed by atoms with Crippen molar-refractivity contribution in [3.63, 3.8) is 0 Å². The van der Waals surface area contributed by atoms with Crippen LogP contribution in [0, 0.1) is 11.8 Å². The number of para-hydroxylation sites is 1. The van der Waals surface area contributed by atoms with Gasteiger partial charge >= 0.3 is 0 Å². The molecule has 1 aromatic heterocycles. The van der Waals surface area contributed by atoms with Crippen molar-refractivity contribution in [2.24, 2.45) is 11.8 Å². The van der Waals surface area contributed by atoms with Gasteiger partial charge in [0, 0.05) is 18.0 Å². The van der Waals surface area contributed by atoms with Crippen LogP contribution in [-0.2, 0) is 4.79 Å². The number of rotatable bonds is 9.